The van der Waals surface area contributed by atoms with Gasteiger partial charge in [-0.25, -0.2) is 4.39 Å². The van der Waals surface area contributed by atoms with E-state index in [9.17, 15) is 27.6 Å². The SMILES string of the molecule is O=C(NCc1nnc(-c2cc3c(N[C@@H]4CCN(O)C[C@@H]4F)cccc3n2CC(F)(F)F)s1)C1CC1. The van der Waals surface area contributed by atoms with E-state index in [4.69, 9.17) is 0 Å². The summed E-state index contributed by atoms with van der Waals surface area (Å²) in [6.45, 7) is -0.907. The molecule has 1 saturated heterocycles. The van der Waals surface area contributed by atoms with E-state index in [1.165, 1.54) is 0 Å². The van der Waals surface area contributed by atoms with Gasteiger partial charge in [-0.2, -0.15) is 18.2 Å². The molecule has 5 rings (SSSR count). The molecule has 13 heteroatoms. The maximum absolute atomic E-state index is 14.5. The Kier molecular flexibility index (Phi) is 6.40. The van der Waals surface area contributed by atoms with Crippen LogP contribution in [-0.2, 0) is 17.9 Å². The van der Waals surface area contributed by atoms with E-state index >= 15 is 0 Å². The van der Waals surface area contributed by atoms with Gasteiger partial charge in [-0.05, 0) is 37.5 Å². The highest BCUT2D eigenvalue weighted by Crippen LogP contribution is 2.37. The van der Waals surface area contributed by atoms with E-state index in [2.05, 4.69) is 20.8 Å². The van der Waals surface area contributed by atoms with Crippen molar-refractivity contribution >= 4 is 33.8 Å². The maximum Gasteiger partial charge on any atom is 0.406 e. The number of hydroxylamine groups is 2. The fourth-order valence-electron chi connectivity index (χ4n) is 4.27. The minimum Gasteiger partial charge on any atom is -0.379 e. The molecule has 2 atom stereocenters. The summed E-state index contributed by atoms with van der Waals surface area (Å²) >= 11 is 1.12. The minimum absolute atomic E-state index is 0.0381. The van der Waals surface area contributed by atoms with Crippen molar-refractivity contribution in [2.45, 2.75) is 50.7 Å². The second-order valence-electron chi connectivity index (χ2n) is 8.93. The topological polar surface area (TPSA) is 95.3 Å². The van der Waals surface area contributed by atoms with E-state index in [1.807, 2.05) is 0 Å². The van der Waals surface area contributed by atoms with Gasteiger partial charge in [0.1, 0.15) is 17.7 Å². The number of fused-ring (bicyclic) bond motifs is 1. The summed E-state index contributed by atoms with van der Waals surface area (Å²) in [5.41, 5.74) is 1.08. The lowest BCUT2D eigenvalue weighted by molar-refractivity contribution is -0.139. The Morgan fingerprint density at radius 1 is 1.23 bits per heavy atom. The summed E-state index contributed by atoms with van der Waals surface area (Å²) in [4.78, 5) is 11.9. The molecule has 1 saturated carbocycles. The van der Waals surface area contributed by atoms with Crippen molar-refractivity contribution in [2.75, 3.05) is 18.4 Å². The minimum atomic E-state index is -4.48. The van der Waals surface area contributed by atoms with Crippen molar-refractivity contribution < 1.29 is 27.6 Å². The molecule has 0 unspecified atom stereocenters. The number of benzene rings is 1. The van der Waals surface area contributed by atoms with Gasteiger partial charge < -0.3 is 20.4 Å². The molecule has 188 valence electrons. The van der Waals surface area contributed by atoms with E-state index in [1.54, 1.807) is 24.3 Å². The Balaban J connectivity index is 1.46. The van der Waals surface area contributed by atoms with Gasteiger partial charge in [-0.1, -0.05) is 17.4 Å². The van der Waals surface area contributed by atoms with Gasteiger partial charge in [0.15, 0.2) is 5.01 Å². The van der Waals surface area contributed by atoms with Gasteiger partial charge in [0.2, 0.25) is 5.91 Å². The van der Waals surface area contributed by atoms with Gasteiger partial charge in [0.25, 0.3) is 0 Å². The zero-order valence-corrected chi connectivity index (χ0v) is 19.4. The third kappa shape index (κ3) is 5.41. The second-order valence-corrected chi connectivity index (χ2v) is 9.99. The Bertz CT molecular complexity index is 1220. The molecular weight excluding hydrogens is 488 g/mol. The standard InChI is InChI=1S/C22H24F4N6O2S/c23-14-10-31(34)7-6-16(14)28-15-2-1-3-17-13(15)8-18(32(17)11-22(24,25)26)21-30-29-19(35-21)9-27-20(33)12-4-5-12/h1-3,8,12,14,16,28,34H,4-7,9-11H2,(H,27,33)/t14-,16+/m0/s1. The van der Waals surface area contributed by atoms with Gasteiger partial charge >= 0.3 is 6.18 Å². The predicted octanol–water partition coefficient (Wildman–Crippen LogP) is 3.96. The van der Waals surface area contributed by atoms with Crippen LogP contribution in [0.1, 0.15) is 24.3 Å². The average Bonchev–Trinajstić information content (AvgIpc) is 3.44. The second kappa shape index (κ2) is 9.36. The van der Waals surface area contributed by atoms with Crippen LogP contribution in [0, 0.1) is 5.92 Å². The Labute approximate surface area is 201 Å². The third-order valence-electron chi connectivity index (χ3n) is 6.19. The Morgan fingerprint density at radius 3 is 2.74 bits per heavy atom. The first-order valence-electron chi connectivity index (χ1n) is 11.3. The summed E-state index contributed by atoms with van der Waals surface area (Å²) in [6, 6.07) is 5.92. The first-order chi connectivity index (χ1) is 16.7. The number of anilines is 1. The van der Waals surface area contributed by atoms with Crippen LogP contribution in [0.5, 0.6) is 0 Å². The molecule has 3 N–H and O–H groups in total. The number of hydrogen-bond donors (Lipinski definition) is 3. The molecule has 0 bridgehead atoms. The molecule has 0 radical (unpaired) electrons. The number of nitrogens with zero attached hydrogens (tertiary/aromatic N) is 4. The van der Waals surface area contributed by atoms with Crippen LogP contribution in [0.3, 0.4) is 0 Å². The number of halogens is 4. The predicted molar refractivity (Wildman–Crippen MR) is 122 cm³/mol. The first-order valence-corrected chi connectivity index (χ1v) is 12.1. The van der Waals surface area contributed by atoms with Crippen molar-refractivity contribution in [3.63, 3.8) is 0 Å². The van der Waals surface area contributed by atoms with Crippen LogP contribution < -0.4 is 10.6 Å². The summed E-state index contributed by atoms with van der Waals surface area (Å²) in [6.07, 6.45) is -3.74. The molecule has 2 aromatic heterocycles. The van der Waals surface area contributed by atoms with Crippen LogP contribution >= 0.6 is 11.3 Å². The van der Waals surface area contributed by atoms with Crippen molar-refractivity contribution in [1.82, 2.24) is 25.1 Å². The molecule has 1 aliphatic heterocycles. The molecule has 2 aliphatic rings. The van der Waals surface area contributed by atoms with Crippen LogP contribution in [0.2, 0.25) is 0 Å². The molecule has 1 aliphatic carbocycles. The lowest BCUT2D eigenvalue weighted by atomic mass is 10.0. The van der Waals surface area contributed by atoms with E-state index < -0.39 is 24.9 Å². The van der Waals surface area contributed by atoms with Gasteiger partial charge in [0, 0.05) is 23.5 Å². The zero-order valence-electron chi connectivity index (χ0n) is 18.6. The number of carbonyl (C=O) groups excluding carboxylic acids is 1. The molecule has 8 nitrogen and oxygen atoms in total. The quantitative estimate of drug-likeness (QED) is 0.415. The molecule has 2 fully saturated rings. The van der Waals surface area contributed by atoms with Crippen LogP contribution in [0.4, 0.5) is 23.2 Å². The maximum atomic E-state index is 14.5. The van der Waals surface area contributed by atoms with Crippen LogP contribution in [0.25, 0.3) is 21.6 Å². The van der Waals surface area contributed by atoms with Gasteiger partial charge in [-0.3, -0.25) is 4.79 Å². The highest BCUT2D eigenvalue weighted by atomic mass is 32.1. The number of carbonyl (C=O) groups is 1. The normalized spacial score (nSPS) is 21.4. The Hall–Kier alpha value is -2.77. The summed E-state index contributed by atoms with van der Waals surface area (Å²) in [7, 11) is 0. The summed E-state index contributed by atoms with van der Waals surface area (Å²) < 4.78 is 56.1. The van der Waals surface area contributed by atoms with E-state index in [0.717, 1.165) is 33.8 Å². The molecule has 3 aromatic rings. The van der Waals surface area contributed by atoms with Gasteiger partial charge in [-0.15, -0.1) is 10.2 Å². The lowest BCUT2D eigenvalue weighted by Crippen LogP contribution is -2.46. The number of rotatable bonds is 7. The smallest absolute Gasteiger partial charge is 0.379 e. The van der Waals surface area contributed by atoms with Crippen molar-refractivity contribution in [3.05, 3.63) is 29.3 Å². The zero-order chi connectivity index (χ0) is 24.7. The number of alkyl halides is 4. The number of aromatic nitrogens is 3. The molecular formula is C22H24F4N6O2S. The third-order valence-corrected chi connectivity index (χ3v) is 7.14. The highest BCUT2D eigenvalue weighted by Gasteiger charge is 2.33. The average molecular weight is 513 g/mol. The Morgan fingerprint density at radius 2 is 2.03 bits per heavy atom. The van der Waals surface area contributed by atoms with Gasteiger partial charge in [0.05, 0.1) is 30.3 Å². The number of hydrogen-bond acceptors (Lipinski definition) is 7. The van der Waals surface area contributed by atoms with Crippen molar-refractivity contribution in [2.24, 2.45) is 5.92 Å². The fraction of sp³-hybridized carbons (Fsp3) is 0.500. The van der Waals surface area contributed by atoms with Crippen molar-refractivity contribution in [3.8, 4) is 10.7 Å². The molecule has 3 heterocycles. The summed E-state index contributed by atoms with van der Waals surface area (Å²) in [5.74, 6) is -0.0157. The number of piperidine rings is 1. The molecule has 0 spiro atoms. The van der Waals surface area contributed by atoms with E-state index in [-0.39, 0.29) is 30.6 Å². The van der Waals surface area contributed by atoms with Crippen LogP contribution in [0.15, 0.2) is 24.3 Å². The van der Waals surface area contributed by atoms with Crippen molar-refractivity contribution in [1.29, 1.82) is 0 Å². The van der Waals surface area contributed by atoms with E-state index in [0.29, 0.717) is 39.6 Å². The first kappa shape index (κ1) is 23.9. The molecule has 1 amide bonds. The fourth-order valence-corrected chi connectivity index (χ4v) is 5.07. The monoisotopic (exact) mass is 512 g/mol. The largest absolute Gasteiger partial charge is 0.406 e. The number of amides is 1. The molecule has 35 heavy (non-hydrogen) atoms. The summed E-state index contributed by atoms with van der Waals surface area (Å²) in [5, 5.41) is 25.8. The lowest BCUT2D eigenvalue weighted by Gasteiger charge is -2.32. The number of nitrogens with one attached hydrogen (secondary N) is 2. The van der Waals surface area contributed by atoms with Crippen LogP contribution in [-0.4, -0.2) is 62.4 Å². The molecule has 1 aromatic carbocycles. The highest BCUT2D eigenvalue weighted by molar-refractivity contribution is 7.14.